The van der Waals surface area contributed by atoms with Crippen molar-refractivity contribution in [2.45, 2.75) is 53.0 Å². The number of rotatable bonds is 4. The number of carbonyl (C=O) groups is 1. The average molecular weight is 384 g/mol. The molecule has 1 heterocycles. The van der Waals surface area contributed by atoms with E-state index >= 15 is 0 Å². The lowest BCUT2D eigenvalue weighted by molar-refractivity contribution is -0.134. The highest BCUT2D eigenvalue weighted by Gasteiger charge is 2.33. The van der Waals surface area contributed by atoms with Crippen LogP contribution in [0, 0.1) is 11.3 Å². The Morgan fingerprint density at radius 3 is 2.41 bits per heavy atom. The van der Waals surface area contributed by atoms with E-state index in [4.69, 9.17) is 11.6 Å². The molecule has 2 aromatic carbocycles. The Morgan fingerprint density at radius 2 is 1.74 bits per heavy atom. The summed E-state index contributed by atoms with van der Waals surface area (Å²) in [4.78, 5) is 15.3. The number of fused-ring (bicyclic) bond motifs is 1. The molecule has 1 aliphatic rings. The number of hydrogen-bond donors (Lipinski definition) is 0. The van der Waals surface area contributed by atoms with Crippen molar-refractivity contribution in [3.05, 3.63) is 70.2 Å². The maximum absolute atomic E-state index is 13.3. The predicted molar refractivity (Wildman–Crippen MR) is 113 cm³/mol. The van der Waals surface area contributed by atoms with Crippen molar-refractivity contribution in [3.8, 4) is 0 Å². The summed E-state index contributed by atoms with van der Waals surface area (Å²) in [6.45, 7) is 9.63. The van der Waals surface area contributed by atoms with Gasteiger partial charge in [-0.25, -0.2) is 0 Å². The van der Waals surface area contributed by atoms with E-state index in [0.717, 1.165) is 30.0 Å². The molecule has 2 nitrogen and oxygen atoms in total. The largest absolute Gasteiger partial charge is 0.331 e. The van der Waals surface area contributed by atoms with Crippen molar-refractivity contribution < 1.29 is 4.79 Å². The van der Waals surface area contributed by atoms with Gasteiger partial charge in [-0.3, -0.25) is 4.79 Å². The van der Waals surface area contributed by atoms with Gasteiger partial charge in [0.25, 0.3) is 0 Å². The fourth-order valence-electron chi connectivity index (χ4n) is 4.40. The predicted octanol–water partition coefficient (Wildman–Crippen LogP) is 6.28. The third kappa shape index (κ3) is 4.73. The summed E-state index contributed by atoms with van der Waals surface area (Å²) in [5, 5.41) is 0.722. The van der Waals surface area contributed by atoms with Gasteiger partial charge in [0.2, 0.25) is 5.91 Å². The number of carbonyl (C=O) groups excluding carboxylic acids is 1. The summed E-state index contributed by atoms with van der Waals surface area (Å²) < 4.78 is 0. The zero-order valence-corrected chi connectivity index (χ0v) is 17.6. The van der Waals surface area contributed by atoms with Crippen LogP contribution in [0.25, 0.3) is 0 Å². The standard InChI is InChI=1S/C24H30ClNO/c1-17(16-24(2,3)4)15-22(27)26-14-13-18-9-5-6-10-19(18)23(26)20-11-7-8-12-21(20)25/h5-12,17,23H,13-16H2,1-4H3. The molecule has 0 radical (unpaired) electrons. The number of hydrogen-bond acceptors (Lipinski definition) is 1. The number of halogens is 1. The van der Waals surface area contributed by atoms with Crippen LogP contribution in [0.4, 0.5) is 0 Å². The van der Waals surface area contributed by atoms with E-state index in [1.54, 1.807) is 0 Å². The van der Waals surface area contributed by atoms with Crippen molar-refractivity contribution in [1.82, 2.24) is 4.90 Å². The molecule has 0 fully saturated rings. The molecule has 1 aliphatic heterocycles. The molecule has 27 heavy (non-hydrogen) atoms. The summed E-state index contributed by atoms with van der Waals surface area (Å²) >= 11 is 6.55. The fraction of sp³-hybridized carbons (Fsp3) is 0.458. The van der Waals surface area contributed by atoms with Crippen LogP contribution in [0.1, 0.15) is 63.3 Å². The van der Waals surface area contributed by atoms with Gasteiger partial charge >= 0.3 is 0 Å². The van der Waals surface area contributed by atoms with E-state index in [1.807, 2.05) is 29.2 Å². The Bertz CT molecular complexity index is 808. The maximum atomic E-state index is 13.3. The third-order valence-corrected chi connectivity index (χ3v) is 5.63. The molecule has 0 saturated carbocycles. The van der Waals surface area contributed by atoms with Crippen molar-refractivity contribution >= 4 is 17.5 Å². The van der Waals surface area contributed by atoms with E-state index < -0.39 is 0 Å². The van der Waals surface area contributed by atoms with Crippen LogP contribution < -0.4 is 0 Å². The van der Waals surface area contributed by atoms with Gasteiger partial charge in [-0.15, -0.1) is 0 Å². The third-order valence-electron chi connectivity index (χ3n) is 5.29. The molecule has 0 aliphatic carbocycles. The molecule has 144 valence electrons. The smallest absolute Gasteiger partial charge is 0.223 e. The first kappa shape index (κ1) is 19.9. The maximum Gasteiger partial charge on any atom is 0.223 e. The molecule has 2 aromatic rings. The minimum atomic E-state index is -0.0991. The first-order valence-electron chi connectivity index (χ1n) is 9.88. The minimum absolute atomic E-state index is 0.0991. The molecule has 0 aromatic heterocycles. The zero-order chi connectivity index (χ0) is 19.6. The van der Waals surface area contributed by atoms with Crippen molar-refractivity contribution in [2.24, 2.45) is 11.3 Å². The fourth-order valence-corrected chi connectivity index (χ4v) is 4.64. The molecule has 0 N–H and O–H groups in total. The molecule has 2 atom stereocenters. The zero-order valence-electron chi connectivity index (χ0n) is 16.8. The summed E-state index contributed by atoms with van der Waals surface area (Å²) in [5.41, 5.74) is 3.77. The van der Waals surface area contributed by atoms with E-state index in [-0.39, 0.29) is 17.4 Å². The van der Waals surface area contributed by atoms with Crippen LogP contribution in [0.2, 0.25) is 5.02 Å². The lowest BCUT2D eigenvalue weighted by Crippen LogP contribution is -2.41. The molecule has 0 bridgehead atoms. The Kier molecular flexibility index (Phi) is 5.95. The minimum Gasteiger partial charge on any atom is -0.331 e. The summed E-state index contributed by atoms with van der Waals surface area (Å²) in [6, 6.07) is 16.3. The number of nitrogens with zero attached hydrogens (tertiary/aromatic N) is 1. The SMILES string of the molecule is CC(CC(=O)N1CCc2ccccc2C1c1ccccc1Cl)CC(C)(C)C. The Morgan fingerprint density at radius 1 is 1.11 bits per heavy atom. The van der Waals surface area contributed by atoms with Gasteiger partial charge in [-0.1, -0.05) is 81.8 Å². The van der Waals surface area contributed by atoms with Gasteiger partial charge in [0.1, 0.15) is 0 Å². The van der Waals surface area contributed by atoms with Gasteiger partial charge in [-0.2, -0.15) is 0 Å². The Labute approximate surface area is 168 Å². The van der Waals surface area contributed by atoms with E-state index in [1.165, 1.54) is 11.1 Å². The van der Waals surface area contributed by atoms with Crippen LogP contribution >= 0.6 is 11.6 Å². The summed E-state index contributed by atoms with van der Waals surface area (Å²) in [7, 11) is 0. The second-order valence-electron chi connectivity index (χ2n) is 9.03. The lowest BCUT2D eigenvalue weighted by Gasteiger charge is -2.39. The van der Waals surface area contributed by atoms with Crippen molar-refractivity contribution in [3.63, 3.8) is 0 Å². The summed E-state index contributed by atoms with van der Waals surface area (Å²) in [5.74, 6) is 0.590. The van der Waals surface area contributed by atoms with E-state index in [2.05, 4.69) is 52.0 Å². The van der Waals surface area contributed by atoms with Crippen LogP contribution in [-0.4, -0.2) is 17.4 Å². The highest BCUT2D eigenvalue weighted by molar-refractivity contribution is 6.31. The number of benzene rings is 2. The molecule has 3 heteroatoms. The molecule has 1 amide bonds. The van der Waals surface area contributed by atoms with E-state index in [9.17, 15) is 4.79 Å². The molecule has 3 rings (SSSR count). The monoisotopic (exact) mass is 383 g/mol. The van der Waals surface area contributed by atoms with Crippen LogP contribution in [0.15, 0.2) is 48.5 Å². The Hall–Kier alpha value is -1.80. The first-order valence-corrected chi connectivity index (χ1v) is 10.3. The summed E-state index contributed by atoms with van der Waals surface area (Å²) in [6.07, 6.45) is 2.52. The van der Waals surface area contributed by atoms with Crippen LogP contribution in [0.3, 0.4) is 0 Å². The normalized spacial score (nSPS) is 18.1. The van der Waals surface area contributed by atoms with Crippen molar-refractivity contribution in [2.75, 3.05) is 6.54 Å². The van der Waals surface area contributed by atoms with Gasteiger partial charge in [-0.05, 0) is 46.9 Å². The Balaban J connectivity index is 1.92. The second-order valence-corrected chi connectivity index (χ2v) is 9.44. The van der Waals surface area contributed by atoms with Gasteiger partial charge in [0.05, 0.1) is 6.04 Å². The quantitative estimate of drug-likeness (QED) is 0.608. The molecule has 0 spiro atoms. The van der Waals surface area contributed by atoms with Crippen molar-refractivity contribution in [1.29, 1.82) is 0 Å². The molecular formula is C24H30ClNO. The average Bonchev–Trinajstić information content (AvgIpc) is 2.59. The lowest BCUT2D eigenvalue weighted by atomic mass is 9.83. The van der Waals surface area contributed by atoms with Crippen LogP contribution in [0.5, 0.6) is 0 Å². The molecule has 2 unspecified atom stereocenters. The molecule has 0 saturated heterocycles. The van der Waals surface area contributed by atoms with Crippen LogP contribution in [-0.2, 0) is 11.2 Å². The van der Waals surface area contributed by atoms with Gasteiger partial charge in [0, 0.05) is 18.0 Å². The van der Waals surface area contributed by atoms with Gasteiger partial charge in [0.15, 0.2) is 0 Å². The van der Waals surface area contributed by atoms with E-state index in [0.29, 0.717) is 12.3 Å². The topological polar surface area (TPSA) is 20.3 Å². The highest BCUT2D eigenvalue weighted by Crippen LogP contribution is 2.39. The molecular weight excluding hydrogens is 354 g/mol. The first-order chi connectivity index (χ1) is 12.8. The highest BCUT2D eigenvalue weighted by atomic mass is 35.5. The number of amides is 1. The van der Waals surface area contributed by atoms with Gasteiger partial charge < -0.3 is 4.90 Å². The second kappa shape index (κ2) is 8.06.